The van der Waals surface area contributed by atoms with Gasteiger partial charge in [-0.1, -0.05) is 6.07 Å². The van der Waals surface area contributed by atoms with Crippen molar-refractivity contribution in [1.82, 2.24) is 19.9 Å². The lowest BCUT2D eigenvalue weighted by atomic mass is 10.1. The van der Waals surface area contributed by atoms with Crippen LogP contribution in [0.2, 0.25) is 0 Å². The number of carbonyl (C=O) groups is 1. The first-order valence-electron chi connectivity index (χ1n) is 10.0. The largest absolute Gasteiger partial charge is 0.490 e. The summed E-state index contributed by atoms with van der Waals surface area (Å²) in [5.74, 6) is 0.109. The number of ether oxygens (including phenoxy) is 1. The molecule has 1 aliphatic heterocycles. The van der Waals surface area contributed by atoms with Crippen LogP contribution < -0.4 is 20.5 Å². The van der Waals surface area contributed by atoms with Crippen LogP contribution in [0.5, 0.6) is 5.75 Å². The summed E-state index contributed by atoms with van der Waals surface area (Å²) in [6.45, 7) is 4.31. The van der Waals surface area contributed by atoms with Crippen LogP contribution in [0.3, 0.4) is 0 Å². The van der Waals surface area contributed by atoms with Gasteiger partial charge < -0.3 is 20.4 Å². The predicted molar refractivity (Wildman–Crippen MR) is 126 cm³/mol. The topological polar surface area (TPSA) is 160 Å². The number of aromatic nitrogens is 3. The van der Waals surface area contributed by atoms with Crippen LogP contribution in [-0.2, 0) is 6.54 Å². The van der Waals surface area contributed by atoms with Gasteiger partial charge in [-0.15, -0.1) is 4.40 Å². The van der Waals surface area contributed by atoms with E-state index in [4.69, 9.17) is 10.5 Å². The summed E-state index contributed by atoms with van der Waals surface area (Å²) in [6, 6.07) is 8.43. The van der Waals surface area contributed by atoms with E-state index in [0.717, 1.165) is 5.69 Å². The van der Waals surface area contributed by atoms with Gasteiger partial charge in [0.15, 0.2) is 5.84 Å². The molecule has 3 aromatic rings. The standard InChI is InChI=1S/C21H25N7O4S/c1-21(2,12-32-17-5-3-4-16-18(17)19(22)27-33(30,31)26-16)25-20(29)14-6-7-24-15(10-14)11-28-9-8-23-13-28/h3-10,13,26,30-31H,11-12H2,1-2H3,(H2,22,27)(H,25,29). The number of nitrogens with two attached hydrogens (primary N) is 1. The highest BCUT2D eigenvalue weighted by atomic mass is 32.3. The van der Waals surface area contributed by atoms with E-state index in [-0.39, 0.29) is 18.3 Å². The number of amidine groups is 1. The lowest BCUT2D eigenvalue weighted by Gasteiger charge is -2.34. The Morgan fingerprint density at radius 2 is 2.12 bits per heavy atom. The fraction of sp³-hybridized carbons (Fsp3) is 0.238. The number of pyridine rings is 1. The van der Waals surface area contributed by atoms with Crippen LogP contribution in [0.25, 0.3) is 0 Å². The SMILES string of the molecule is CC(C)(COc1cccc2c1C(N)=NS(O)(O)N2)NC(=O)c1ccnc(Cn2ccnc2)c1. The van der Waals surface area contributed by atoms with Gasteiger partial charge in [0, 0.05) is 24.2 Å². The Kier molecular flexibility index (Phi) is 5.97. The quantitative estimate of drug-likeness (QED) is 0.351. The van der Waals surface area contributed by atoms with E-state index >= 15 is 0 Å². The molecule has 0 aliphatic carbocycles. The molecule has 1 aliphatic rings. The second-order valence-electron chi connectivity index (χ2n) is 8.17. The molecule has 1 aromatic carbocycles. The smallest absolute Gasteiger partial charge is 0.251 e. The second-order valence-corrected chi connectivity index (χ2v) is 9.60. The van der Waals surface area contributed by atoms with Gasteiger partial charge >= 0.3 is 0 Å². The Morgan fingerprint density at radius 3 is 2.88 bits per heavy atom. The van der Waals surface area contributed by atoms with Gasteiger partial charge in [0.25, 0.3) is 5.91 Å². The number of nitrogens with one attached hydrogen (secondary N) is 2. The molecular formula is C21H25N7O4S. The molecule has 0 fully saturated rings. The average Bonchev–Trinajstić information content (AvgIpc) is 3.24. The average molecular weight is 472 g/mol. The summed E-state index contributed by atoms with van der Waals surface area (Å²) in [7, 11) is -3.38. The first-order chi connectivity index (χ1) is 15.6. The minimum absolute atomic E-state index is 0.0385. The molecule has 3 heterocycles. The van der Waals surface area contributed by atoms with Crippen molar-refractivity contribution >= 4 is 28.4 Å². The van der Waals surface area contributed by atoms with Gasteiger partial charge in [-0.2, -0.15) is 0 Å². The Hall–Kier alpha value is -3.61. The molecule has 6 N–H and O–H groups in total. The minimum atomic E-state index is -3.38. The fourth-order valence-electron chi connectivity index (χ4n) is 3.30. The Balaban J connectivity index is 1.43. The van der Waals surface area contributed by atoms with E-state index in [1.54, 1.807) is 49.1 Å². The minimum Gasteiger partial charge on any atom is -0.490 e. The van der Waals surface area contributed by atoms with E-state index in [9.17, 15) is 13.9 Å². The molecule has 0 bridgehead atoms. The zero-order chi connectivity index (χ0) is 23.6. The maximum Gasteiger partial charge on any atom is 0.251 e. The molecule has 33 heavy (non-hydrogen) atoms. The third kappa shape index (κ3) is 5.42. The second kappa shape index (κ2) is 8.73. The van der Waals surface area contributed by atoms with Crippen LogP contribution in [0.4, 0.5) is 5.69 Å². The third-order valence-corrected chi connectivity index (χ3v) is 5.72. The predicted octanol–water partition coefficient (Wildman–Crippen LogP) is 2.63. The molecule has 0 radical (unpaired) electrons. The Morgan fingerprint density at radius 1 is 1.30 bits per heavy atom. The molecule has 11 nitrogen and oxygen atoms in total. The molecule has 0 atom stereocenters. The first kappa shape index (κ1) is 22.6. The van der Waals surface area contributed by atoms with Crippen molar-refractivity contribution in [2.45, 2.75) is 25.9 Å². The van der Waals surface area contributed by atoms with Crippen molar-refractivity contribution < 1.29 is 18.6 Å². The van der Waals surface area contributed by atoms with Gasteiger partial charge in [-0.25, -0.2) is 4.98 Å². The van der Waals surface area contributed by atoms with E-state index in [1.165, 1.54) is 0 Å². The summed E-state index contributed by atoms with van der Waals surface area (Å²) in [4.78, 5) is 21.2. The summed E-state index contributed by atoms with van der Waals surface area (Å²) < 4.78 is 33.7. The number of hydrogen-bond acceptors (Lipinski definition) is 9. The lowest BCUT2D eigenvalue weighted by molar-refractivity contribution is 0.0880. The van der Waals surface area contributed by atoms with Crippen LogP contribution in [0.1, 0.15) is 35.5 Å². The van der Waals surface area contributed by atoms with Crippen molar-refractivity contribution in [3.05, 3.63) is 72.1 Å². The van der Waals surface area contributed by atoms with Crippen molar-refractivity contribution in [2.24, 2.45) is 10.1 Å². The molecule has 0 spiro atoms. The van der Waals surface area contributed by atoms with E-state index in [1.807, 2.05) is 24.6 Å². The highest BCUT2D eigenvalue weighted by Crippen LogP contribution is 2.46. The summed E-state index contributed by atoms with van der Waals surface area (Å²) >= 11 is 0. The van der Waals surface area contributed by atoms with Crippen LogP contribution in [-0.4, -0.2) is 47.5 Å². The van der Waals surface area contributed by atoms with E-state index in [0.29, 0.717) is 29.1 Å². The summed E-state index contributed by atoms with van der Waals surface area (Å²) in [5.41, 5.74) is 7.26. The Labute approximate surface area is 192 Å². The number of imidazole rings is 1. The van der Waals surface area contributed by atoms with Gasteiger partial charge in [0.2, 0.25) is 0 Å². The highest BCUT2D eigenvalue weighted by Gasteiger charge is 2.27. The van der Waals surface area contributed by atoms with Crippen molar-refractivity contribution in [3.63, 3.8) is 0 Å². The normalized spacial score (nSPS) is 15.6. The van der Waals surface area contributed by atoms with Crippen molar-refractivity contribution in [2.75, 3.05) is 11.3 Å². The number of rotatable bonds is 7. The zero-order valence-corrected chi connectivity index (χ0v) is 18.9. The summed E-state index contributed by atoms with van der Waals surface area (Å²) in [5, 5.41) is 2.97. The molecule has 1 amide bonds. The fourth-order valence-corrected chi connectivity index (χ4v) is 4.18. The van der Waals surface area contributed by atoms with E-state index in [2.05, 4.69) is 24.4 Å². The first-order valence-corrected chi connectivity index (χ1v) is 11.5. The van der Waals surface area contributed by atoms with Crippen molar-refractivity contribution in [3.8, 4) is 5.75 Å². The number of fused-ring (bicyclic) bond motifs is 1. The van der Waals surface area contributed by atoms with Crippen molar-refractivity contribution in [1.29, 1.82) is 0 Å². The monoisotopic (exact) mass is 471 g/mol. The maximum absolute atomic E-state index is 12.9. The van der Waals surface area contributed by atoms with Gasteiger partial charge in [-0.05, 0) is 49.1 Å². The number of amides is 1. The molecule has 0 unspecified atom stereocenters. The maximum atomic E-state index is 12.9. The molecule has 0 saturated carbocycles. The lowest BCUT2D eigenvalue weighted by Crippen LogP contribution is -2.48. The van der Waals surface area contributed by atoms with Gasteiger partial charge in [-0.3, -0.25) is 23.6 Å². The molecule has 174 valence electrons. The number of benzene rings is 1. The molecule has 0 saturated heterocycles. The number of hydrogen-bond donors (Lipinski definition) is 5. The Bertz CT molecular complexity index is 1200. The zero-order valence-electron chi connectivity index (χ0n) is 18.1. The van der Waals surface area contributed by atoms with Gasteiger partial charge in [0.1, 0.15) is 12.4 Å². The summed E-state index contributed by atoms with van der Waals surface area (Å²) in [6.07, 6.45) is 6.79. The number of anilines is 1. The highest BCUT2D eigenvalue weighted by molar-refractivity contribution is 8.24. The van der Waals surface area contributed by atoms with Gasteiger partial charge in [0.05, 0.1) is 35.4 Å². The third-order valence-electron chi connectivity index (χ3n) is 4.78. The number of nitrogens with zero attached hydrogens (tertiary/aromatic N) is 4. The molecule has 2 aromatic heterocycles. The van der Waals surface area contributed by atoms with Crippen LogP contribution >= 0.6 is 11.0 Å². The van der Waals surface area contributed by atoms with Crippen LogP contribution in [0, 0.1) is 0 Å². The molecular weight excluding hydrogens is 446 g/mol. The van der Waals surface area contributed by atoms with Crippen LogP contribution in [0.15, 0.2) is 59.6 Å². The van der Waals surface area contributed by atoms with E-state index < -0.39 is 16.5 Å². The molecule has 4 rings (SSSR count). The molecule has 12 heteroatoms. The number of carbonyl (C=O) groups excluding carboxylic acids is 1.